The van der Waals surface area contributed by atoms with Crippen LogP contribution in [0.1, 0.15) is 144 Å². The van der Waals surface area contributed by atoms with Gasteiger partial charge in [-0.3, -0.25) is 0 Å². The number of unbranched alkanes of at least 4 members (excludes halogenated alkanes) is 13. The fourth-order valence-corrected chi connectivity index (χ4v) is 8.53. The number of halogens is 1. The van der Waals surface area contributed by atoms with Crippen molar-refractivity contribution in [3.63, 3.8) is 0 Å². The van der Waals surface area contributed by atoms with Gasteiger partial charge in [0, 0.05) is 24.1 Å². The van der Waals surface area contributed by atoms with E-state index < -0.39 is 8.80 Å². The van der Waals surface area contributed by atoms with E-state index in [2.05, 4.69) is 27.7 Å². The zero-order valence-corrected chi connectivity index (χ0v) is 26.8. The quantitative estimate of drug-likeness (QED) is 0.0628. The van der Waals surface area contributed by atoms with Gasteiger partial charge in [0.25, 0.3) is 0 Å². The van der Waals surface area contributed by atoms with Crippen LogP contribution in [0.5, 0.6) is 0 Å². The Kier molecular flexibility index (Phi) is 23.5. The summed E-state index contributed by atoms with van der Waals surface area (Å²) in [5, 5.41) is 9.25. The number of rotatable bonds is 27. The molecule has 0 aliphatic rings. The summed E-state index contributed by atoms with van der Waals surface area (Å²) in [6, 6.07) is 0.739. The molecule has 0 aliphatic carbocycles. The van der Waals surface area contributed by atoms with E-state index in [-0.39, 0.29) is 18.1 Å². The molecule has 0 saturated carbocycles. The van der Waals surface area contributed by atoms with Crippen molar-refractivity contribution in [2.45, 2.75) is 155 Å². The van der Waals surface area contributed by atoms with Crippen molar-refractivity contribution in [2.24, 2.45) is 11.8 Å². The fraction of sp³-hybridized carbons (Fsp3) is 1.00. The maximum absolute atomic E-state index is 9.25. The van der Waals surface area contributed by atoms with Gasteiger partial charge in [0.1, 0.15) is 0 Å². The van der Waals surface area contributed by atoms with Crippen molar-refractivity contribution >= 4 is 20.4 Å². The van der Waals surface area contributed by atoms with Crippen molar-refractivity contribution in [3.8, 4) is 0 Å². The number of aliphatic hydroxyl groups is 1. The highest BCUT2D eigenvalue weighted by atomic mass is 35.5. The van der Waals surface area contributed by atoms with Crippen LogP contribution in [0.4, 0.5) is 0 Å². The third-order valence-electron chi connectivity index (χ3n) is 7.51. The minimum Gasteiger partial charge on any atom is -0.394 e. The highest BCUT2D eigenvalue weighted by Gasteiger charge is 2.43. The van der Waals surface area contributed by atoms with Crippen LogP contribution < -0.4 is 0 Å². The van der Waals surface area contributed by atoms with Crippen LogP contribution in [0.25, 0.3) is 0 Å². The molecule has 4 nitrogen and oxygen atoms in total. The van der Waals surface area contributed by atoms with E-state index >= 15 is 0 Å². The number of hydrogen-bond donors (Lipinski definition) is 1. The molecule has 0 aromatic heterocycles. The second-order valence-electron chi connectivity index (χ2n) is 11.2. The lowest BCUT2D eigenvalue weighted by atomic mass is 9.84. The molecule has 0 amide bonds. The largest absolute Gasteiger partial charge is 0.501 e. The van der Waals surface area contributed by atoms with Gasteiger partial charge in [-0.05, 0) is 45.4 Å². The summed E-state index contributed by atoms with van der Waals surface area (Å²) in [6.45, 7) is 14.3. The topological polar surface area (TPSA) is 47.9 Å². The Morgan fingerprint density at radius 1 is 0.722 bits per heavy atom. The Balaban J connectivity index is 4.11. The van der Waals surface area contributed by atoms with E-state index in [1.54, 1.807) is 0 Å². The number of alkyl halides is 1. The molecule has 6 heteroatoms. The Bertz CT molecular complexity index is 472. The maximum atomic E-state index is 9.25. The highest BCUT2D eigenvalue weighted by molar-refractivity contribution is 6.60. The van der Waals surface area contributed by atoms with Crippen LogP contribution >= 0.6 is 11.6 Å². The smallest absolute Gasteiger partial charge is 0.394 e. The van der Waals surface area contributed by atoms with Gasteiger partial charge >= 0.3 is 8.80 Å². The molecule has 0 aromatic carbocycles. The van der Waals surface area contributed by atoms with E-state index in [0.29, 0.717) is 25.0 Å². The van der Waals surface area contributed by atoms with Crippen molar-refractivity contribution in [2.75, 3.05) is 26.4 Å². The minimum atomic E-state index is -2.80. The van der Waals surface area contributed by atoms with Crippen molar-refractivity contribution in [3.05, 3.63) is 0 Å². The summed E-state index contributed by atoms with van der Waals surface area (Å²) in [6.07, 6.45) is 21.6. The summed E-state index contributed by atoms with van der Waals surface area (Å²) in [7, 11) is -2.80. The Labute approximate surface area is 232 Å². The molecule has 0 rings (SSSR count). The molecule has 0 aromatic rings. The molecule has 3 unspecified atom stereocenters. The molecule has 0 heterocycles. The zero-order chi connectivity index (χ0) is 27.1. The first-order chi connectivity index (χ1) is 17.3. The molecular weight excluding hydrogens is 488 g/mol. The van der Waals surface area contributed by atoms with E-state index in [1.807, 2.05) is 13.8 Å². The molecular formula is C30H63ClO4Si. The minimum absolute atomic E-state index is 0.0211. The van der Waals surface area contributed by atoms with E-state index in [1.165, 1.54) is 96.3 Å². The lowest BCUT2D eigenvalue weighted by molar-refractivity contribution is 0.0494. The third-order valence-corrected chi connectivity index (χ3v) is 11.3. The monoisotopic (exact) mass is 550 g/mol. The molecule has 1 N–H and O–H groups in total. The Morgan fingerprint density at radius 2 is 1.17 bits per heavy atom. The normalized spacial score (nSPS) is 15.7. The molecule has 0 spiro atoms. The van der Waals surface area contributed by atoms with Gasteiger partial charge in [-0.15, -0.1) is 11.6 Å². The molecule has 36 heavy (non-hydrogen) atoms. The van der Waals surface area contributed by atoms with Crippen molar-refractivity contribution < 1.29 is 18.4 Å². The molecule has 218 valence electrons. The first kappa shape index (κ1) is 36.3. The van der Waals surface area contributed by atoms with Crippen LogP contribution in [0.3, 0.4) is 0 Å². The average Bonchev–Trinajstić information content (AvgIpc) is 2.82. The number of aliphatic hydroxyl groups excluding tert-OH is 1. The number of hydrogen-bond acceptors (Lipinski definition) is 4. The SMILES string of the molecule is CCCCCCCCCCCCCCCCC(C)C(C)(Cl)CC(C)C[Si](OCC)(OCC)OCCO. The summed E-state index contributed by atoms with van der Waals surface area (Å²) in [5.74, 6) is 0.794. The van der Waals surface area contributed by atoms with Gasteiger partial charge in [0.15, 0.2) is 0 Å². The van der Waals surface area contributed by atoms with Crippen molar-refractivity contribution in [1.29, 1.82) is 0 Å². The van der Waals surface area contributed by atoms with Gasteiger partial charge in [-0.25, -0.2) is 0 Å². The van der Waals surface area contributed by atoms with Crippen LogP contribution in [-0.2, 0) is 13.3 Å². The second-order valence-corrected chi connectivity index (χ2v) is 14.7. The van der Waals surface area contributed by atoms with Gasteiger partial charge in [-0.1, -0.05) is 111 Å². The Hall–Kier alpha value is 0.347. The third kappa shape index (κ3) is 18.6. The molecule has 3 atom stereocenters. The first-order valence-corrected chi connectivity index (χ1v) is 17.8. The molecule has 0 saturated heterocycles. The van der Waals surface area contributed by atoms with Gasteiger partial charge < -0.3 is 18.4 Å². The Morgan fingerprint density at radius 3 is 1.58 bits per heavy atom. The summed E-state index contributed by atoms with van der Waals surface area (Å²) < 4.78 is 18.0. The molecule has 0 aliphatic heterocycles. The highest BCUT2D eigenvalue weighted by Crippen LogP contribution is 2.38. The van der Waals surface area contributed by atoms with Gasteiger partial charge in [-0.2, -0.15) is 0 Å². The van der Waals surface area contributed by atoms with E-state index in [9.17, 15) is 5.11 Å². The lowest BCUT2D eigenvalue weighted by Crippen LogP contribution is -2.48. The van der Waals surface area contributed by atoms with Crippen LogP contribution in [-0.4, -0.2) is 45.2 Å². The molecule has 0 bridgehead atoms. The predicted molar refractivity (Wildman–Crippen MR) is 159 cm³/mol. The maximum Gasteiger partial charge on any atom is 0.501 e. The zero-order valence-electron chi connectivity index (χ0n) is 25.1. The molecule has 0 radical (unpaired) electrons. The fourth-order valence-electron chi connectivity index (χ4n) is 5.27. The van der Waals surface area contributed by atoms with Crippen LogP contribution in [0, 0.1) is 11.8 Å². The van der Waals surface area contributed by atoms with Crippen LogP contribution in [0.2, 0.25) is 6.04 Å². The first-order valence-electron chi connectivity index (χ1n) is 15.5. The van der Waals surface area contributed by atoms with Gasteiger partial charge in [0.2, 0.25) is 0 Å². The van der Waals surface area contributed by atoms with E-state index in [4.69, 9.17) is 24.9 Å². The standard InChI is InChI=1S/C30H63ClO4Si/c1-7-10-11-12-13-14-15-16-17-18-19-20-21-22-23-29(5)30(6,31)26-28(4)27-36(33-8-2,34-9-3)35-25-24-32/h28-29,32H,7-27H2,1-6H3. The predicted octanol–water partition coefficient (Wildman–Crippen LogP) is 9.54. The summed E-state index contributed by atoms with van der Waals surface area (Å²) in [5.41, 5.74) is 0. The average molecular weight is 551 g/mol. The van der Waals surface area contributed by atoms with Crippen molar-refractivity contribution in [1.82, 2.24) is 0 Å². The lowest BCUT2D eigenvalue weighted by Gasteiger charge is -2.35. The van der Waals surface area contributed by atoms with E-state index in [0.717, 1.165) is 12.5 Å². The summed E-state index contributed by atoms with van der Waals surface area (Å²) >= 11 is 7.08. The van der Waals surface area contributed by atoms with Gasteiger partial charge in [0.05, 0.1) is 13.2 Å². The summed E-state index contributed by atoms with van der Waals surface area (Å²) in [4.78, 5) is -0.245. The van der Waals surface area contributed by atoms with Crippen LogP contribution in [0.15, 0.2) is 0 Å². The second kappa shape index (κ2) is 23.3. The molecule has 0 fully saturated rings.